The fraction of sp³-hybridized carbons (Fsp3) is 0.650. The van der Waals surface area contributed by atoms with Crippen LogP contribution in [0.1, 0.15) is 32.3 Å². The number of nitrogens with one attached hydrogen (secondary N) is 2. The van der Waals surface area contributed by atoms with Crippen molar-refractivity contribution < 1.29 is 9.53 Å². The van der Waals surface area contributed by atoms with Crippen LogP contribution >= 0.6 is 11.6 Å². The van der Waals surface area contributed by atoms with E-state index in [1.54, 1.807) is 0 Å². The van der Waals surface area contributed by atoms with E-state index in [9.17, 15) is 4.79 Å². The molecule has 0 aromatic heterocycles. The summed E-state index contributed by atoms with van der Waals surface area (Å²) in [4.78, 5) is 14.7. The van der Waals surface area contributed by atoms with Crippen molar-refractivity contribution >= 4 is 23.2 Å². The smallest absolute Gasteiger partial charge is 0.238 e. The molecule has 1 heterocycles. The minimum absolute atomic E-state index is 0.0536. The summed E-state index contributed by atoms with van der Waals surface area (Å²) in [5.74, 6) is 0.466. The highest BCUT2D eigenvalue weighted by Gasteiger charge is 2.25. The third kappa shape index (κ3) is 6.88. The Labute approximate surface area is 162 Å². The molecule has 26 heavy (non-hydrogen) atoms. The fourth-order valence-corrected chi connectivity index (χ4v) is 3.69. The number of piperidine rings is 1. The quantitative estimate of drug-likeness (QED) is 0.644. The average molecular weight is 382 g/mol. The number of halogens is 1. The van der Waals surface area contributed by atoms with Gasteiger partial charge in [-0.1, -0.05) is 24.6 Å². The van der Waals surface area contributed by atoms with Gasteiger partial charge in [0.2, 0.25) is 5.91 Å². The summed E-state index contributed by atoms with van der Waals surface area (Å²) >= 11 is 6.17. The highest BCUT2D eigenvalue weighted by Crippen LogP contribution is 2.22. The molecule has 1 amide bonds. The number of amides is 1. The molecule has 0 radical (unpaired) electrons. The molecule has 0 saturated carbocycles. The van der Waals surface area contributed by atoms with E-state index in [4.69, 9.17) is 16.3 Å². The van der Waals surface area contributed by atoms with Crippen LogP contribution in [-0.2, 0) is 9.53 Å². The van der Waals surface area contributed by atoms with Gasteiger partial charge >= 0.3 is 0 Å². The molecule has 0 aliphatic carbocycles. The lowest BCUT2D eigenvalue weighted by Gasteiger charge is -2.37. The highest BCUT2D eigenvalue weighted by atomic mass is 35.5. The topological polar surface area (TPSA) is 53.6 Å². The summed E-state index contributed by atoms with van der Waals surface area (Å²) in [7, 11) is 0. The van der Waals surface area contributed by atoms with Crippen LogP contribution in [0.25, 0.3) is 0 Å². The molecule has 6 heteroatoms. The Morgan fingerprint density at radius 1 is 1.42 bits per heavy atom. The number of hydrogen-bond acceptors (Lipinski definition) is 4. The van der Waals surface area contributed by atoms with Crippen molar-refractivity contribution in [1.82, 2.24) is 10.2 Å². The molecule has 1 aromatic rings. The first kappa shape index (κ1) is 21.2. The van der Waals surface area contributed by atoms with E-state index in [1.807, 2.05) is 32.0 Å². The fourth-order valence-electron chi connectivity index (χ4n) is 3.41. The molecule has 146 valence electrons. The van der Waals surface area contributed by atoms with Gasteiger partial charge in [-0.3, -0.25) is 4.79 Å². The molecule has 1 aromatic carbocycles. The summed E-state index contributed by atoms with van der Waals surface area (Å²) in [6.07, 6.45) is 2.15. The SMILES string of the molecule is CCOCCCN1CCC(NCC(=O)Nc2ccc(C)cc2Cl)C(C)C1. The van der Waals surface area contributed by atoms with Crippen molar-refractivity contribution in [3.8, 4) is 0 Å². The van der Waals surface area contributed by atoms with E-state index in [1.165, 1.54) is 0 Å². The maximum absolute atomic E-state index is 12.2. The first-order valence-corrected chi connectivity index (χ1v) is 9.97. The predicted molar refractivity (Wildman–Crippen MR) is 108 cm³/mol. The molecule has 2 rings (SSSR count). The summed E-state index contributed by atoms with van der Waals surface area (Å²) in [5, 5.41) is 6.87. The molecule has 2 unspecified atom stereocenters. The van der Waals surface area contributed by atoms with Gasteiger partial charge in [-0.15, -0.1) is 0 Å². The Hall–Kier alpha value is -1.14. The van der Waals surface area contributed by atoms with Crippen molar-refractivity contribution in [1.29, 1.82) is 0 Å². The third-order valence-corrected chi connectivity index (χ3v) is 5.19. The number of ether oxygens (including phenoxy) is 1. The second-order valence-electron chi connectivity index (χ2n) is 7.14. The molecular formula is C20H32ClN3O2. The zero-order valence-electron chi connectivity index (χ0n) is 16.2. The second-order valence-corrected chi connectivity index (χ2v) is 7.54. The summed E-state index contributed by atoms with van der Waals surface area (Å²) in [6, 6.07) is 6.02. The molecule has 0 bridgehead atoms. The Bertz CT molecular complexity index is 582. The lowest BCUT2D eigenvalue weighted by molar-refractivity contribution is -0.115. The van der Waals surface area contributed by atoms with Crippen LogP contribution in [0.5, 0.6) is 0 Å². The standard InChI is InChI=1S/C20H32ClN3O2/c1-4-26-11-5-9-24-10-8-18(16(3)14-24)22-13-20(25)23-19-7-6-15(2)12-17(19)21/h6-7,12,16,18,22H,4-5,8-11,13-14H2,1-3H3,(H,23,25). The van der Waals surface area contributed by atoms with Gasteiger partial charge in [0.05, 0.1) is 17.3 Å². The van der Waals surface area contributed by atoms with Crippen LogP contribution < -0.4 is 10.6 Å². The van der Waals surface area contributed by atoms with Crippen LogP contribution in [0.4, 0.5) is 5.69 Å². The van der Waals surface area contributed by atoms with Crippen LogP contribution in [-0.4, -0.2) is 56.2 Å². The predicted octanol–water partition coefficient (Wildman–Crippen LogP) is 3.31. The number of aryl methyl sites for hydroxylation is 1. The number of anilines is 1. The van der Waals surface area contributed by atoms with Gasteiger partial charge in [0.15, 0.2) is 0 Å². The third-order valence-electron chi connectivity index (χ3n) is 4.88. The number of hydrogen-bond donors (Lipinski definition) is 2. The number of nitrogens with zero attached hydrogens (tertiary/aromatic N) is 1. The first-order valence-electron chi connectivity index (χ1n) is 9.59. The lowest BCUT2D eigenvalue weighted by Crippen LogP contribution is -2.50. The largest absolute Gasteiger partial charge is 0.382 e. The minimum Gasteiger partial charge on any atom is -0.382 e. The number of benzene rings is 1. The molecule has 0 spiro atoms. The van der Waals surface area contributed by atoms with Crippen LogP contribution in [0.2, 0.25) is 5.02 Å². The van der Waals surface area contributed by atoms with Gasteiger partial charge in [0.1, 0.15) is 0 Å². The van der Waals surface area contributed by atoms with E-state index in [2.05, 4.69) is 22.5 Å². The zero-order valence-corrected chi connectivity index (χ0v) is 16.9. The summed E-state index contributed by atoms with van der Waals surface area (Å²) < 4.78 is 5.41. The molecule has 2 N–H and O–H groups in total. The molecule has 1 aliphatic heterocycles. The highest BCUT2D eigenvalue weighted by molar-refractivity contribution is 6.33. The number of carbonyl (C=O) groups excluding carboxylic acids is 1. The van der Waals surface area contributed by atoms with Crippen molar-refractivity contribution in [2.45, 2.75) is 39.7 Å². The number of carbonyl (C=O) groups is 1. The van der Waals surface area contributed by atoms with Crippen LogP contribution in [0.3, 0.4) is 0 Å². The molecule has 2 atom stereocenters. The van der Waals surface area contributed by atoms with Gasteiger partial charge in [-0.25, -0.2) is 0 Å². The van der Waals surface area contributed by atoms with Gasteiger partial charge in [-0.05, 0) is 56.8 Å². The van der Waals surface area contributed by atoms with Crippen molar-refractivity contribution in [3.05, 3.63) is 28.8 Å². The average Bonchev–Trinajstić information content (AvgIpc) is 2.60. The Balaban J connectivity index is 1.70. The Morgan fingerprint density at radius 2 is 2.23 bits per heavy atom. The Kier molecular flexibility index (Phi) is 8.85. The van der Waals surface area contributed by atoms with Crippen molar-refractivity contribution in [2.24, 2.45) is 5.92 Å². The molecule has 1 aliphatic rings. The van der Waals surface area contributed by atoms with Crippen molar-refractivity contribution in [3.63, 3.8) is 0 Å². The maximum Gasteiger partial charge on any atom is 0.238 e. The van der Waals surface area contributed by atoms with Gasteiger partial charge in [0.25, 0.3) is 0 Å². The monoisotopic (exact) mass is 381 g/mol. The second kappa shape index (κ2) is 10.9. The minimum atomic E-state index is -0.0536. The maximum atomic E-state index is 12.2. The van der Waals surface area contributed by atoms with E-state index in [0.717, 1.165) is 51.3 Å². The normalized spacial score (nSPS) is 20.9. The molecular weight excluding hydrogens is 350 g/mol. The number of rotatable bonds is 9. The lowest BCUT2D eigenvalue weighted by atomic mass is 9.93. The van der Waals surface area contributed by atoms with Gasteiger partial charge < -0.3 is 20.3 Å². The van der Waals surface area contributed by atoms with Gasteiger partial charge in [-0.2, -0.15) is 0 Å². The van der Waals surface area contributed by atoms with Crippen LogP contribution in [0.15, 0.2) is 18.2 Å². The molecule has 1 saturated heterocycles. The van der Waals surface area contributed by atoms with E-state index < -0.39 is 0 Å². The van der Waals surface area contributed by atoms with Crippen LogP contribution in [0, 0.1) is 12.8 Å². The summed E-state index contributed by atoms with van der Waals surface area (Å²) in [5.41, 5.74) is 1.74. The van der Waals surface area contributed by atoms with E-state index >= 15 is 0 Å². The van der Waals surface area contributed by atoms with Crippen molar-refractivity contribution in [2.75, 3.05) is 44.7 Å². The zero-order chi connectivity index (χ0) is 18.9. The van der Waals surface area contributed by atoms with E-state index in [0.29, 0.717) is 29.2 Å². The number of likely N-dealkylation sites (tertiary alicyclic amines) is 1. The van der Waals surface area contributed by atoms with E-state index in [-0.39, 0.29) is 5.91 Å². The van der Waals surface area contributed by atoms with Gasteiger partial charge in [0, 0.05) is 32.3 Å². The Morgan fingerprint density at radius 3 is 2.92 bits per heavy atom. The summed E-state index contributed by atoms with van der Waals surface area (Å²) in [6.45, 7) is 11.4. The first-order chi connectivity index (χ1) is 12.5. The molecule has 1 fully saturated rings. The molecule has 5 nitrogen and oxygen atoms in total.